The van der Waals surface area contributed by atoms with Crippen LogP contribution in [0.15, 0.2) is 18.2 Å². The smallest absolute Gasteiger partial charge is 0.186 e. The highest BCUT2D eigenvalue weighted by Crippen LogP contribution is 2.27. The first-order valence-electron chi connectivity index (χ1n) is 4.34. The van der Waals surface area contributed by atoms with Gasteiger partial charge in [-0.2, -0.15) is 0 Å². The highest BCUT2D eigenvalue weighted by atomic mass is 16.5. The van der Waals surface area contributed by atoms with Gasteiger partial charge in [0.25, 0.3) is 0 Å². The lowest BCUT2D eigenvalue weighted by molar-refractivity contribution is 0.308. The van der Waals surface area contributed by atoms with Crippen molar-refractivity contribution in [1.29, 1.82) is 0 Å². The summed E-state index contributed by atoms with van der Waals surface area (Å²) in [6, 6.07) is 4.62. The van der Waals surface area contributed by atoms with Crippen LogP contribution in [0, 0.1) is 0 Å². The Morgan fingerprint density at radius 2 is 1.46 bits per heavy atom. The van der Waals surface area contributed by atoms with Crippen LogP contribution in [-0.4, -0.2) is 13.2 Å². The molecule has 0 spiro atoms. The van der Waals surface area contributed by atoms with Crippen LogP contribution in [0.4, 0.5) is 0 Å². The molecule has 0 heterocycles. The number of hydrogen-bond acceptors (Lipinski definition) is 2. The fourth-order valence-corrected chi connectivity index (χ4v) is 1.05. The maximum atomic E-state index is 11.1. The molecule has 3 heteroatoms. The summed E-state index contributed by atoms with van der Waals surface area (Å²) in [5.41, 5.74) is 0. The molecule has 1 aromatic rings. The molecule has 0 saturated carbocycles. The minimum Gasteiger partial charge on any atom is -0.494 e. The maximum Gasteiger partial charge on any atom is 0.186 e. The van der Waals surface area contributed by atoms with Crippen molar-refractivity contribution < 1.29 is 14.6 Å². The number of hydrogen-bond donors (Lipinski definition) is 0. The SMILES string of the molecule is CCOc1cc([O])cc(OCC)c1. The predicted octanol–water partition coefficient (Wildman–Crippen LogP) is 2.63. The molecule has 1 radical (unpaired) electrons. The molecule has 1 rings (SSSR count). The van der Waals surface area contributed by atoms with E-state index < -0.39 is 0 Å². The summed E-state index contributed by atoms with van der Waals surface area (Å²) in [5.74, 6) is 1.05. The lowest BCUT2D eigenvalue weighted by Crippen LogP contribution is -1.94. The molecule has 1 aromatic carbocycles. The first-order chi connectivity index (χ1) is 6.26. The molecule has 0 saturated heterocycles. The van der Waals surface area contributed by atoms with Crippen molar-refractivity contribution in [2.75, 3.05) is 13.2 Å². The van der Waals surface area contributed by atoms with E-state index in [1.165, 1.54) is 12.1 Å². The molecule has 0 unspecified atom stereocenters. The lowest BCUT2D eigenvalue weighted by Gasteiger charge is -2.06. The third-order valence-corrected chi connectivity index (χ3v) is 1.48. The molecule has 0 aromatic heterocycles. The predicted molar refractivity (Wildman–Crippen MR) is 48.9 cm³/mol. The second kappa shape index (κ2) is 4.60. The van der Waals surface area contributed by atoms with E-state index in [0.717, 1.165) is 0 Å². The second-order valence-electron chi connectivity index (χ2n) is 2.51. The van der Waals surface area contributed by atoms with E-state index in [-0.39, 0.29) is 5.75 Å². The number of benzene rings is 1. The molecule has 71 valence electrons. The molecule has 0 fully saturated rings. The fraction of sp³-hybridized carbons (Fsp3) is 0.400. The van der Waals surface area contributed by atoms with Gasteiger partial charge in [-0.05, 0) is 13.8 Å². The van der Waals surface area contributed by atoms with E-state index in [2.05, 4.69) is 0 Å². The first kappa shape index (κ1) is 9.71. The number of rotatable bonds is 4. The summed E-state index contributed by atoms with van der Waals surface area (Å²) < 4.78 is 10.4. The zero-order chi connectivity index (χ0) is 9.68. The molecule has 3 nitrogen and oxygen atoms in total. The Hall–Kier alpha value is -1.38. The van der Waals surface area contributed by atoms with Crippen molar-refractivity contribution in [3.05, 3.63) is 18.2 Å². The summed E-state index contributed by atoms with van der Waals surface area (Å²) >= 11 is 0. The number of ether oxygens (including phenoxy) is 2. The van der Waals surface area contributed by atoms with Gasteiger partial charge < -0.3 is 9.47 Å². The minimum absolute atomic E-state index is 0.0885. The first-order valence-corrected chi connectivity index (χ1v) is 4.34. The molecule has 0 aliphatic heterocycles. The van der Waals surface area contributed by atoms with E-state index in [0.29, 0.717) is 24.7 Å². The fourth-order valence-electron chi connectivity index (χ4n) is 1.05. The average molecular weight is 181 g/mol. The highest BCUT2D eigenvalue weighted by molar-refractivity contribution is 5.41. The van der Waals surface area contributed by atoms with Gasteiger partial charge in [-0.25, -0.2) is 0 Å². The topological polar surface area (TPSA) is 38.4 Å². The average Bonchev–Trinajstić information content (AvgIpc) is 2.04. The van der Waals surface area contributed by atoms with Gasteiger partial charge in [0.05, 0.1) is 13.2 Å². The molecule has 13 heavy (non-hydrogen) atoms. The van der Waals surface area contributed by atoms with Crippen molar-refractivity contribution in [1.82, 2.24) is 0 Å². The van der Waals surface area contributed by atoms with Gasteiger partial charge in [-0.1, -0.05) is 0 Å². The van der Waals surface area contributed by atoms with Crippen molar-refractivity contribution in [2.45, 2.75) is 13.8 Å². The van der Waals surface area contributed by atoms with Crippen LogP contribution in [-0.2, 0) is 5.11 Å². The van der Waals surface area contributed by atoms with Crippen LogP contribution in [0.1, 0.15) is 13.8 Å². The quantitative estimate of drug-likeness (QED) is 0.716. The molecule has 0 aliphatic rings. The molecule has 0 atom stereocenters. The Kier molecular flexibility index (Phi) is 3.43. The molecule has 0 bridgehead atoms. The Morgan fingerprint density at radius 1 is 1.00 bits per heavy atom. The van der Waals surface area contributed by atoms with Gasteiger partial charge in [0.1, 0.15) is 11.5 Å². The zero-order valence-corrected chi connectivity index (χ0v) is 7.87. The van der Waals surface area contributed by atoms with Gasteiger partial charge in [0, 0.05) is 18.2 Å². The van der Waals surface area contributed by atoms with E-state index >= 15 is 0 Å². The molecular weight excluding hydrogens is 168 g/mol. The summed E-state index contributed by atoms with van der Waals surface area (Å²) in [6.45, 7) is 4.85. The highest BCUT2D eigenvalue weighted by Gasteiger charge is 2.02. The van der Waals surface area contributed by atoms with Gasteiger partial charge in [0.2, 0.25) is 0 Å². The molecular formula is C10H13O3. The third kappa shape index (κ3) is 2.86. The monoisotopic (exact) mass is 181 g/mol. The van der Waals surface area contributed by atoms with Gasteiger partial charge >= 0.3 is 0 Å². The molecule has 0 aliphatic carbocycles. The largest absolute Gasteiger partial charge is 0.494 e. The summed E-state index contributed by atoms with van der Waals surface area (Å²) in [5, 5.41) is 11.1. The Balaban J connectivity index is 2.83. The van der Waals surface area contributed by atoms with Gasteiger partial charge in [0.15, 0.2) is 5.75 Å². The minimum atomic E-state index is -0.0885. The third-order valence-electron chi connectivity index (χ3n) is 1.48. The van der Waals surface area contributed by atoms with Crippen molar-refractivity contribution in [3.8, 4) is 17.2 Å². The standard InChI is InChI=1S/C10H13O3/c1-3-12-9-5-8(11)6-10(7-9)13-4-2/h5-7H,3-4H2,1-2H3. The van der Waals surface area contributed by atoms with Crippen molar-refractivity contribution in [2.24, 2.45) is 0 Å². The summed E-state index contributed by atoms with van der Waals surface area (Å²) in [4.78, 5) is 0. The Bertz CT molecular complexity index is 247. The van der Waals surface area contributed by atoms with Gasteiger partial charge in [-0.3, -0.25) is 5.11 Å². The maximum absolute atomic E-state index is 11.1. The van der Waals surface area contributed by atoms with Gasteiger partial charge in [-0.15, -0.1) is 0 Å². The van der Waals surface area contributed by atoms with E-state index in [9.17, 15) is 5.11 Å². The summed E-state index contributed by atoms with van der Waals surface area (Å²) in [7, 11) is 0. The van der Waals surface area contributed by atoms with Crippen LogP contribution in [0.2, 0.25) is 0 Å². The second-order valence-corrected chi connectivity index (χ2v) is 2.51. The zero-order valence-electron chi connectivity index (χ0n) is 7.87. The van der Waals surface area contributed by atoms with Crippen LogP contribution >= 0.6 is 0 Å². The lowest BCUT2D eigenvalue weighted by atomic mass is 10.3. The van der Waals surface area contributed by atoms with Crippen LogP contribution in [0.25, 0.3) is 0 Å². The van der Waals surface area contributed by atoms with E-state index in [1.54, 1.807) is 6.07 Å². The van der Waals surface area contributed by atoms with Crippen molar-refractivity contribution in [3.63, 3.8) is 0 Å². The van der Waals surface area contributed by atoms with E-state index in [1.807, 2.05) is 13.8 Å². The van der Waals surface area contributed by atoms with Crippen LogP contribution in [0.5, 0.6) is 17.2 Å². The Morgan fingerprint density at radius 3 is 1.85 bits per heavy atom. The molecule has 0 N–H and O–H groups in total. The normalized spacial score (nSPS) is 9.69. The van der Waals surface area contributed by atoms with Crippen LogP contribution in [0.3, 0.4) is 0 Å². The summed E-state index contributed by atoms with van der Waals surface area (Å²) in [6.07, 6.45) is 0. The van der Waals surface area contributed by atoms with Crippen molar-refractivity contribution >= 4 is 0 Å². The van der Waals surface area contributed by atoms with E-state index in [4.69, 9.17) is 9.47 Å². The van der Waals surface area contributed by atoms with Crippen LogP contribution < -0.4 is 9.47 Å². The molecule has 0 amide bonds. The Labute approximate surface area is 77.9 Å².